The van der Waals surface area contributed by atoms with E-state index in [0.717, 1.165) is 12.1 Å². The van der Waals surface area contributed by atoms with E-state index < -0.39 is 33.8 Å². The van der Waals surface area contributed by atoms with Crippen LogP contribution in [0.5, 0.6) is 11.5 Å². The topological polar surface area (TPSA) is 123 Å². The number of nitrogens with one attached hydrogen (secondary N) is 2. The summed E-state index contributed by atoms with van der Waals surface area (Å²) in [4.78, 5) is 22.7. The van der Waals surface area contributed by atoms with Gasteiger partial charge in [0, 0.05) is 23.5 Å². The average Bonchev–Trinajstić information content (AvgIpc) is 3.68. The quantitative estimate of drug-likeness (QED) is 0.292. The first-order valence-corrected chi connectivity index (χ1v) is 14.9. The molecular weight excluding hydrogens is 585 g/mol. The number of carbonyl (C=O) groups is 1. The van der Waals surface area contributed by atoms with Crippen molar-refractivity contribution < 1.29 is 27.1 Å². The van der Waals surface area contributed by atoms with E-state index in [1.165, 1.54) is 16.4 Å². The van der Waals surface area contributed by atoms with Crippen LogP contribution in [0.4, 0.5) is 16.0 Å². The van der Waals surface area contributed by atoms with Crippen molar-refractivity contribution in [3.8, 4) is 11.5 Å². The zero-order chi connectivity index (χ0) is 29.3. The molecule has 0 aliphatic carbocycles. The molecule has 2 atom stereocenters. The fraction of sp³-hybridized carbons (Fsp3) is 0.207. The minimum Gasteiger partial charge on any atom is -0.454 e. The first-order valence-electron chi connectivity index (χ1n) is 13.1. The Morgan fingerprint density at radius 3 is 2.57 bits per heavy atom. The lowest BCUT2D eigenvalue weighted by Crippen LogP contribution is -2.47. The van der Waals surface area contributed by atoms with Gasteiger partial charge in [-0.15, -0.1) is 0 Å². The molecule has 1 unspecified atom stereocenters. The number of sulfonamides is 1. The van der Waals surface area contributed by atoms with Gasteiger partial charge in [-0.3, -0.25) is 4.79 Å². The Morgan fingerprint density at radius 2 is 1.79 bits per heavy atom. The van der Waals surface area contributed by atoms with Crippen LogP contribution in [0.15, 0.2) is 83.9 Å². The Balaban J connectivity index is 1.31. The third-order valence-corrected chi connectivity index (χ3v) is 9.19. The molecule has 1 saturated heterocycles. The first-order chi connectivity index (χ1) is 20.3. The highest BCUT2D eigenvalue weighted by molar-refractivity contribution is 7.89. The summed E-state index contributed by atoms with van der Waals surface area (Å²) >= 11 is 6.00. The van der Waals surface area contributed by atoms with Crippen molar-refractivity contribution in [3.05, 3.63) is 101 Å². The fourth-order valence-electron chi connectivity index (χ4n) is 4.95. The number of fused-ring (bicyclic) bond motifs is 1. The van der Waals surface area contributed by atoms with Crippen LogP contribution in [0.2, 0.25) is 5.02 Å². The Kier molecular flexibility index (Phi) is 7.67. The summed E-state index contributed by atoms with van der Waals surface area (Å²) in [6.45, 7) is 0.242. The smallest absolute Gasteiger partial charge is 0.243 e. The van der Waals surface area contributed by atoms with E-state index in [0.29, 0.717) is 46.3 Å². The van der Waals surface area contributed by atoms with E-state index in [1.54, 1.807) is 54.7 Å². The number of anilines is 2. The number of hydrogen-bond donors (Lipinski definition) is 2. The SMILES string of the molecule is O=C(NC(c1ccc2c(c1)OCO2)c1ccnc(Nc2ccc(Cl)cc2)n1)[C@@H]1CCCN1S(=O)(=O)c1ccc(F)cc1. The van der Waals surface area contributed by atoms with Crippen LogP contribution >= 0.6 is 11.6 Å². The molecule has 1 amide bonds. The van der Waals surface area contributed by atoms with E-state index in [9.17, 15) is 17.6 Å². The molecule has 4 aromatic rings. The van der Waals surface area contributed by atoms with Gasteiger partial charge in [-0.2, -0.15) is 4.31 Å². The zero-order valence-electron chi connectivity index (χ0n) is 22.0. The average molecular weight is 610 g/mol. The van der Waals surface area contributed by atoms with Crippen molar-refractivity contribution in [2.75, 3.05) is 18.7 Å². The lowest BCUT2D eigenvalue weighted by atomic mass is 10.0. The monoisotopic (exact) mass is 609 g/mol. The molecule has 216 valence electrons. The van der Waals surface area contributed by atoms with E-state index in [4.69, 9.17) is 21.1 Å². The minimum absolute atomic E-state index is 0.0790. The van der Waals surface area contributed by atoms with Crippen molar-refractivity contribution in [2.45, 2.75) is 29.8 Å². The van der Waals surface area contributed by atoms with Gasteiger partial charge >= 0.3 is 0 Å². The molecule has 3 aromatic carbocycles. The fourth-order valence-corrected chi connectivity index (χ4v) is 6.73. The Morgan fingerprint density at radius 1 is 1.02 bits per heavy atom. The van der Waals surface area contributed by atoms with Crippen LogP contribution in [-0.2, 0) is 14.8 Å². The van der Waals surface area contributed by atoms with Gasteiger partial charge in [-0.1, -0.05) is 17.7 Å². The lowest BCUT2D eigenvalue weighted by molar-refractivity contribution is -0.124. The summed E-state index contributed by atoms with van der Waals surface area (Å²) in [5, 5.41) is 6.72. The van der Waals surface area contributed by atoms with Gasteiger partial charge < -0.3 is 20.1 Å². The third kappa shape index (κ3) is 5.73. The number of rotatable bonds is 8. The number of halogens is 2. The third-order valence-electron chi connectivity index (χ3n) is 7.02. The van der Waals surface area contributed by atoms with Gasteiger partial charge in [0.05, 0.1) is 16.6 Å². The molecule has 42 heavy (non-hydrogen) atoms. The molecular formula is C29H25ClFN5O5S. The van der Waals surface area contributed by atoms with Crippen molar-refractivity contribution in [1.29, 1.82) is 0 Å². The predicted octanol–water partition coefficient (Wildman–Crippen LogP) is 4.80. The number of amides is 1. The van der Waals surface area contributed by atoms with Crippen molar-refractivity contribution >= 4 is 39.2 Å². The maximum Gasteiger partial charge on any atom is 0.243 e. The second-order valence-electron chi connectivity index (χ2n) is 9.72. The van der Waals surface area contributed by atoms with Crippen LogP contribution in [0.1, 0.15) is 30.1 Å². The molecule has 0 radical (unpaired) electrons. The number of carbonyl (C=O) groups excluding carboxylic acids is 1. The predicted molar refractivity (Wildman–Crippen MR) is 153 cm³/mol. The maximum atomic E-state index is 13.8. The van der Waals surface area contributed by atoms with Crippen molar-refractivity contribution in [2.24, 2.45) is 0 Å². The number of ether oxygens (including phenoxy) is 2. The Bertz CT molecular complexity index is 1720. The van der Waals surface area contributed by atoms with Crippen LogP contribution < -0.4 is 20.1 Å². The Hall–Kier alpha value is -4.26. The highest BCUT2D eigenvalue weighted by Gasteiger charge is 2.40. The van der Waals surface area contributed by atoms with Gasteiger partial charge in [0.1, 0.15) is 11.9 Å². The standard InChI is InChI=1S/C29H25ClFN5O5S/c30-19-4-8-21(9-5-19)33-29-32-14-13-23(34-29)27(18-3-12-25-26(16-18)41-17-40-25)35-28(37)24-2-1-15-36(24)42(38,39)22-10-6-20(31)7-11-22/h3-14,16,24,27H,1-2,15,17H2,(H,35,37)(H,32,33,34)/t24-,27?/m0/s1. The molecule has 10 nitrogen and oxygen atoms in total. The minimum atomic E-state index is -4.04. The highest BCUT2D eigenvalue weighted by Crippen LogP contribution is 2.36. The maximum absolute atomic E-state index is 13.8. The zero-order valence-corrected chi connectivity index (χ0v) is 23.6. The van der Waals surface area contributed by atoms with E-state index in [2.05, 4.69) is 20.6 Å². The summed E-state index contributed by atoms with van der Waals surface area (Å²) in [7, 11) is -4.04. The second-order valence-corrected chi connectivity index (χ2v) is 12.0. The van der Waals surface area contributed by atoms with Gasteiger partial charge in [0.25, 0.3) is 0 Å². The van der Waals surface area contributed by atoms with Crippen LogP contribution in [-0.4, -0.2) is 48.0 Å². The summed E-state index contributed by atoms with van der Waals surface area (Å²) in [5.41, 5.74) is 1.82. The normalized spacial score (nSPS) is 17.1. The number of nitrogens with zero attached hydrogens (tertiary/aromatic N) is 3. The van der Waals surface area contributed by atoms with Crippen LogP contribution in [0, 0.1) is 5.82 Å². The summed E-state index contributed by atoms with van der Waals surface area (Å²) < 4.78 is 52.4. The molecule has 0 saturated carbocycles. The van der Waals surface area contributed by atoms with Gasteiger partial charge in [-0.25, -0.2) is 22.8 Å². The summed E-state index contributed by atoms with van der Waals surface area (Å²) in [6.07, 6.45) is 2.39. The Labute approximate surface area is 246 Å². The van der Waals surface area contributed by atoms with Crippen molar-refractivity contribution in [3.63, 3.8) is 0 Å². The largest absolute Gasteiger partial charge is 0.454 e. The van der Waals surface area contributed by atoms with Crippen molar-refractivity contribution in [1.82, 2.24) is 19.6 Å². The van der Waals surface area contributed by atoms with Gasteiger partial charge in [0.2, 0.25) is 28.7 Å². The molecule has 2 aliphatic heterocycles. The molecule has 0 bridgehead atoms. The van der Waals surface area contributed by atoms with E-state index in [-0.39, 0.29) is 24.2 Å². The van der Waals surface area contributed by atoms with Gasteiger partial charge in [0.15, 0.2) is 11.5 Å². The number of aromatic nitrogens is 2. The van der Waals surface area contributed by atoms with Crippen LogP contribution in [0.3, 0.4) is 0 Å². The molecule has 3 heterocycles. The molecule has 13 heteroatoms. The molecule has 2 N–H and O–H groups in total. The second kappa shape index (κ2) is 11.6. The number of benzene rings is 3. The summed E-state index contributed by atoms with van der Waals surface area (Å²) in [6, 6.07) is 16.8. The number of hydrogen-bond acceptors (Lipinski definition) is 8. The molecule has 2 aliphatic rings. The molecule has 1 fully saturated rings. The lowest BCUT2D eigenvalue weighted by Gasteiger charge is -2.26. The first kappa shape index (κ1) is 27.9. The van der Waals surface area contributed by atoms with Gasteiger partial charge in [-0.05, 0) is 85.1 Å². The van der Waals surface area contributed by atoms with Crippen LogP contribution in [0.25, 0.3) is 0 Å². The molecule has 1 aromatic heterocycles. The van der Waals surface area contributed by atoms with E-state index >= 15 is 0 Å². The highest BCUT2D eigenvalue weighted by atomic mass is 35.5. The molecule has 0 spiro atoms. The molecule has 6 rings (SSSR count). The summed E-state index contributed by atoms with van der Waals surface area (Å²) in [5.74, 6) is 0.333. The van der Waals surface area contributed by atoms with E-state index in [1.807, 2.05) is 0 Å².